The third-order valence-electron chi connectivity index (χ3n) is 3.00. The van der Waals surface area contributed by atoms with E-state index in [1.807, 2.05) is 6.07 Å². The Balaban J connectivity index is 1.88. The molecule has 0 aromatic carbocycles. The predicted octanol–water partition coefficient (Wildman–Crippen LogP) is 1.41. The van der Waals surface area contributed by atoms with Crippen LogP contribution in [0, 0.1) is 5.92 Å². The van der Waals surface area contributed by atoms with Crippen LogP contribution in [-0.2, 0) is 11.3 Å². The maximum atomic E-state index is 9.17. The van der Waals surface area contributed by atoms with Gasteiger partial charge in [0, 0.05) is 31.5 Å². The summed E-state index contributed by atoms with van der Waals surface area (Å²) in [7, 11) is 0. The predicted molar refractivity (Wildman–Crippen MR) is 62.2 cm³/mol. The zero-order valence-electron chi connectivity index (χ0n) is 9.35. The van der Waals surface area contributed by atoms with Crippen LogP contribution in [0.1, 0.15) is 18.4 Å². The number of nitrogens with one attached hydrogen (secondary N) is 1. The van der Waals surface area contributed by atoms with Crippen LogP contribution in [0.4, 0.5) is 5.69 Å². The van der Waals surface area contributed by atoms with Gasteiger partial charge < -0.3 is 15.2 Å². The van der Waals surface area contributed by atoms with Gasteiger partial charge in [-0.15, -0.1) is 0 Å². The third-order valence-corrected chi connectivity index (χ3v) is 3.00. The molecule has 1 aromatic heterocycles. The number of aliphatic hydroxyl groups is 1. The number of aromatic nitrogens is 1. The van der Waals surface area contributed by atoms with E-state index in [0.717, 1.165) is 43.9 Å². The van der Waals surface area contributed by atoms with E-state index in [1.54, 1.807) is 12.4 Å². The Hall–Kier alpha value is -1.13. The molecule has 4 heteroatoms. The average Bonchev–Trinajstić information content (AvgIpc) is 2.38. The molecule has 0 bridgehead atoms. The Kier molecular flexibility index (Phi) is 4.13. The highest BCUT2D eigenvalue weighted by Crippen LogP contribution is 2.18. The highest BCUT2D eigenvalue weighted by atomic mass is 16.5. The fraction of sp³-hybridized carbons (Fsp3) is 0.583. The number of ether oxygens (including phenoxy) is 1. The van der Waals surface area contributed by atoms with E-state index in [4.69, 9.17) is 9.84 Å². The molecule has 0 spiro atoms. The molecule has 2 N–H and O–H groups in total. The van der Waals surface area contributed by atoms with Gasteiger partial charge >= 0.3 is 0 Å². The highest BCUT2D eigenvalue weighted by molar-refractivity contribution is 5.48. The molecule has 0 saturated carbocycles. The van der Waals surface area contributed by atoms with Crippen LogP contribution in [0.15, 0.2) is 18.5 Å². The molecule has 0 aliphatic carbocycles. The van der Waals surface area contributed by atoms with Crippen molar-refractivity contribution >= 4 is 5.69 Å². The third kappa shape index (κ3) is 2.93. The molecular formula is C12H18N2O2. The van der Waals surface area contributed by atoms with Crippen LogP contribution in [0.2, 0.25) is 0 Å². The van der Waals surface area contributed by atoms with Crippen LogP contribution in [-0.4, -0.2) is 29.8 Å². The smallest absolute Gasteiger partial charge is 0.0703 e. The lowest BCUT2D eigenvalue weighted by Gasteiger charge is -2.23. The molecule has 1 fully saturated rings. The van der Waals surface area contributed by atoms with Gasteiger partial charge in [0.25, 0.3) is 0 Å². The van der Waals surface area contributed by atoms with E-state index in [0.29, 0.717) is 5.92 Å². The van der Waals surface area contributed by atoms with Crippen molar-refractivity contribution in [3.05, 3.63) is 24.0 Å². The number of rotatable bonds is 4. The SMILES string of the molecule is OCc1ccncc1NCC1CCOCC1. The molecular weight excluding hydrogens is 204 g/mol. The summed E-state index contributed by atoms with van der Waals surface area (Å²) in [5.74, 6) is 0.667. The standard InChI is InChI=1S/C12H18N2O2/c15-9-11-1-4-13-8-12(11)14-7-10-2-5-16-6-3-10/h1,4,8,10,14-15H,2-3,5-7,9H2. The highest BCUT2D eigenvalue weighted by Gasteiger charge is 2.13. The number of aliphatic hydroxyl groups excluding tert-OH is 1. The van der Waals surface area contributed by atoms with Crippen molar-refractivity contribution in [2.45, 2.75) is 19.4 Å². The van der Waals surface area contributed by atoms with E-state index in [9.17, 15) is 0 Å². The molecule has 1 saturated heterocycles. The number of anilines is 1. The summed E-state index contributed by atoms with van der Waals surface area (Å²) in [5, 5.41) is 12.5. The second kappa shape index (κ2) is 5.82. The van der Waals surface area contributed by atoms with Gasteiger partial charge in [-0.05, 0) is 24.8 Å². The summed E-state index contributed by atoms with van der Waals surface area (Å²) in [5.41, 5.74) is 1.85. The first-order chi connectivity index (χ1) is 7.90. The molecule has 0 unspecified atom stereocenters. The maximum Gasteiger partial charge on any atom is 0.0703 e. The topological polar surface area (TPSA) is 54.4 Å². The average molecular weight is 222 g/mol. The second-order valence-electron chi connectivity index (χ2n) is 4.13. The fourth-order valence-corrected chi connectivity index (χ4v) is 1.93. The van der Waals surface area contributed by atoms with Crippen LogP contribution in [0.5, 0.6) is 0 Å². The Morgan fingerprint density at radius 1 is 1.44 bits per heavy atom. The first kappa shape index (κ1) is 11.4. The summed E-state index contributed by atoms with van der Waals surface area (Å²) in [6, 6.07) is 1.84. The van der Waals surface area contributed by atoms with Crippen molar-refractivity contribution in [2.24, 2.45) is 5.92 Å². The van der Waals surface area contributed by atoms with Crippen molar-refractivity contribution < 1.29 is 9.84 Å². The molecule has 1 aliphatic rings. The van der Waals surface area contributed by atoms with E-state index in [1.165, 1.54) is 0 Å². The molecule has 0 amide bonds. The quantitative estimate of drug-likeness (QED) is 0.808. The lowest BCUT2D eigenvalue weighted by atomic mass is 10.0. The van der Waals surface area contributed by atoms with Crippen LogP contribution in [0.3, 0.4) is 0 Å². The lowest BCUT2D eigenvalue weighted by molar-refractivity contribution is 0.0699. The maximum absolute atomic E-state index is 9.17. The van der Waals surface area contributed by atoms with Gasteiger partial charge in [0.15, 0.2) is 0 Å². The summed E-state index contributed by atoms with van der Waals surface area (Å²) < 4.78 is 5.32. The Labute approximate surface area is 95.7 Å². The largest absolute Gasteiger partial charge is 0.392 e. The molecule has 0 atom stereocenters. The van der Waals surface area contributed by atoms with Crippen molar-refractivity contribution in [3.63, 3.8) is 0 Å². The van der Waals surface area contributed by atoms with Crippen molar-refractivity contribution in [1.82, 2.24) is 4.98 Å². The summed E-state index contributed by atoms with van der Waals surface area (Å²) >= 11 is 0. The van der Waals surface area contributed by atoms with E-state index < -0.39 is 0 Å². The first-order valence-electron chi connectivity index (χ1n) is 5.75. The number of hydrogen-bond acceptors (Lipinski definition) is 4. The van der Waals surface area contributed by atoms with Gasteiger partial charge in [0.05, 0.1) is 18.5 Å². The van der Waals surface area contributed by atoms with E-state index in [2.05, 4.69) is 10.3 Å². The van der Waals surface area contributed by atoms with E-state index >= 15 is 0 Å². The monoisotopic (exact) mass is 222 g/mol. The summed E-state index contributed by atoms with van der Waals surface area (Å²) in [4.78, 5) is 4.06. The minimum atomic E-state index is 0.0542. The van der Waals surface area contributed by atoms with Crippen LogP contribution >= 0.6 is 0 Å². The van der Waals surface area contributed by atoms with Gasteiger partial charge in [-0.25, -0.2) is 0 Å². The summed E-state index contributed by atoms with van der Waals surface area (Å²) in [6.45, 7) is 2.72. The van der Waals surface area contributed by atoms with Crippen molar-refractivity contribution in [1.29, 1.82) is 0 Å². The molecule has 2 heterocycles. The summed E-state index contributed by atoms with van der Waals surface area (Å²) in [6.07, 6.45) is 5.69. The van der Waals surface area contributed by atoms with E-state index in [-0.39, 0.29) is 6.61 Å². The first-order valence-corrected chi connectivity index (χ1v) is 5.75. The zero-order valence-corrected chi connectivity index (χ0v) is 9.35. The molecule has 0 radical (unpaired) electrons. The molecule has 4 nitrogen and oxygen atoms in total. The van der Waals surface area contributed by atoms with Gasteiger partial charge in [-0.2, -0.15) is 0 Å². The number of pyridine rings is 1. The normalized spacial score (nSPS) is 17.3. The molecule has 1 aliphatic heterocycles. The van der Waals surface area contributed by atoms with Gasteiger partial charge in [0.1, 0.15) is 0 Å². The molecule has 1 aromatic rings. The van der Waals surface area contributed by atoms with Crippen molar-refractivity contribution in [2.75, 3.05) is 25.1 Å². The lowest BCUT2D eigenvalue weighted by Crippen LogP contribution is -2.23. The molecule has 16 heavy (non-hydrogen) atoms. The number of nitrogens with zero attached hydrogens (tertiary/aromatic N) is 1. The molecule has 2 rings (SSSR count). The van der Waals surface area contributed by atoms with Gasteiger partial charge in [-0.1, -0.05) is 0 Å². The minimum absolute atomic E-state index is 0.0542. The van der Waals surface area contributed by atoms with Crippen LogP contribution < -0.4 is 5.32 Å². The Morgan fingerprint density at radius 3 is 3.00 bits per heavy atom. The fourth-order valence-electron chi connectivity index (χ4n) is 1.93. The zero-order chi connectivity index (χ0) is 11.2. The van der Waals surface area contributed by atoms with Gasteiger partial charge in [-0.3, -0.25) is 4.98 Å². The molecule has 88 valence electrons. The minimum Gasteiger partial charge on any atom is -0.392 e. The van der Waals surface area contributed by atoms with Gasteiger partial charge in [0.2, 0.25) is 0 Å². The second-order valence-corrected chi connectivity index (χ2v) is 4.13. The van der Waals surface area contributed by atoms with Crippen LogP contribution in [0.25, 0.3) is 0 Å². The number of hydrogen-bond donors (Lipinski definition) is 2. The Bertz CT molecular complexity index is 325. The van der Waals surface area contributed by atoms with Crippen molar-refractivity contribution in [3.8, 4) is 0 Å². The Morgan fingerprint density at radius 2 is 2.25 bits per heavy atom.